The number of nitrogens with zero attached hydrogens (tertiary/aromatic N) is 1. The Hall–Kier alpha value is -0.640. The zero-order chi connectivity index (χ0) is 9.26. The molecule has 0 saturated heterocycles. The van der Waals surface area contributed by atoms with Crippen LogP contribution in [0.2, 0.25) is 0 Å². The van der Waals surface area contributed by atoms with Gasteiger partial charge in [-0.3, -0.25) is 4.79 Å². The molecule has 1 aromatic heterocycles. The highest BCUT2D eigenvalue weighted by Gasteiger charge is 2.18. The van der Waals surface area contributed by atoms with Gasteiger partial charge in [-0.2, -0.15) is 5.10 Å². The van der Waals surface area contributed by atoms with E-state index in [1.165, 1.54) is 25.7 Å². The molecule has 3 nitrogen and oxygen atoms in total. The van der Waals surface area contributed by atoms with Crippen molar-refractivity contribution in [1.82, 2.24) is 10.2 Å². The highest BCUT2D eigenvalue weighted by Crippen LogP contribution is 2.32. The minimum atomic E-state index is -0.151. The monoisotopic (exact) mass is 242 g/mol. The first kappa shape index (κ1) is 8.94. The lowest BCUT2D eigenvalue weighted by molar-refractivity contribution is 0.675. The molecule has 13 heavy (non-hydrogen) atoms. The third-order valence-electron chi connectivity index (χ3n) is 2.55. The first-order valence-electron chi connectivity index (χ1n) is 4.52. The number of nitrogens with one attached hydrogen (secondary N) is 1. The Bertz CT molecular complexity index is 355. The fourth-order valence-electron chi connectivity index (χ4n) is 1.83. The van der Waals surface area contributed by atoms with Crippen molar-refractivity contribution in [3.8, 4) is 0 Å². The van der Waals surface area contributed by atoms with E-state index in [1.807, 2.05) is 6.07 Å². The highest BCUT2D eigenvalue weighted by molar-refractivity contribution is 9.10. The van der Waals surface area contributed by atoms with E-state index in [9.17, 15) is 4.79 Å². The van der Waals surface area contributed by atoms with Crippen LogP contribution < -0.4 is 5.56 Å². The van der Waals surface area contributed by atoms with Crippen LogP contribution in [-0.2, 0) is 0 Å². The molecule has 1 heterocycles. The van der Waals surface area contributed by atoms with E-state index in [-0.39, 0.29) is 5.56 Å². The Balaban J connectivity index is 2.30. The van der Waals surface area contributed by atoms with E-state index in [0.717, 1.165) is 5.69 Å². The maximum Gasteiger partial charge on any atom is 0.278 e. The summed E-state index contributed by atoms with van der Waals surface area (Å²) < 4.78 is 0.587. The van der Waals surface area contributed by atoms with Crippen molar-refractivity contribution in [2.45, 2.75) is 31.6 Å². The normalized spacial score (nSPS) is 17.9. The van der Waals surface area contributed by atoms with E-state index in [4.69, 9.17) is 0 Å². The summed E-state index contributed by atoms with van der Waals surface area (Å²) >= 11 is 3.21. The lowest BCUT2D eigenvalue weighted by Crippen LogP contribution is -2.11. The fourth-order valence-corrected chi connectivity index (χ4v) is 2.15. The first-order chi connectivity index (χ1) is 6.27. The minimum absolute atomic E-state index is 0.151. The molecule has 0 radical (unpaired) electrons. The predicted octanol–water partition coefficient (Wildman–Crippen LogP) is 2.19. The lowest BCUT2D eigenvalue weighted by atomic mass is 10.0. The molecular weight excluding hydrogens is 232 g/mol. The van der Waals surface area contributed by atoms with Gasteiger partial charge in [0.15, 0.2) is 0 Å². The molecule has 4 heteroatoms. The van der Waals surface area contributed by atoms with Gasteiger partial charge in [0.1, 0.15) is 0 Å². The Morgan fingerprint density at radius 2 is 2.15 bits per heavy atom. The van der Waals surface area contributed by atoms with Crippen molar-refractivity contribution in [2.24, 2.45) is 0 Å². The molecule has 1 N–H and O–H groups in total. The molecule has 1 aromatic rings. The molecule has 0 spiro atoms. The second-order valence-corrected chi connectivity index (χ2v) is 4.31. The summed E-state index contributed by atoms with van der Waals surface area (Å²) in [5.41, 5.74) is 0.866. The zero-order valence-corrected chi connectivity index (χ0v) is 8.80. The van der Waals surface area contributed by atoms with Crippen LogP contribution in [-0.4, -0.2) is 10.2 Å². The van der Waals surface area contributed by atoms with E-state index in [2.05, 4.69) is 26.1 Å². The van der Waals surface area contributed by atoms with E-state index in [1.54, 1.807) is 0 Å². The van der Waals surface area contributed by atoms with Gasteiger partial charge in [-0.05, 0) is 34.8 Å². The molecule has 70 valence electrons. The van der Waals surface area contributed by atoms with Crippen LogP contribution in [0.15, 0.2) is 15.3 Å². The van der Waals surface area contributed by atoms with E-state index < -0.39 is 0 Å². The molecular formula is C9H11BrN2O. The predicted molar refractivity (Wildman–Crippen MR) is 53.8 cm³/mol. The highest BCUT2D eigenvalue weighted by atomic mass is 79.9. The van der Waals surface area contributed by atoms with Gasteiger partial charge < -0.3 is 0 Å². The maximum absolute atomic E-state index is 11.0. The third kappa shape index (κ3) is 1.82. The minimum Gasteiger partial charge on any atom is -0.267 e. The molecule has 1 fully saturated rings. The first-order valence-corrected chi connectivity index (χ1v) is 5.32. The standard InChI is InChI=1S/C9H11BrN2O/c10-7-5-8(11-12-9(7)13)6-3-1-2-4-6/h5-6H,1-4H2,(H,12,13). The molecule has 0 amide bonds. The summed E-state index contributed by atoms with van der Waals surface area (Å²) in [6.07, 6.45) is 4.96. The number of hydrogen-bond donors (Lipinski definition) is 1. The van der Waals surface area contributed by atoms with Crippen LogP contribution in [0.1, 0.15) is 37.3 Å². The van der Waals surface area contributed by atoms with Crippen molar-refractivity contribution in [3.05, 3.63) is 26.6 Å². The number of aromatic nitrogens is 2. The lowest BCUT2D eigenvalue weighted by Gasteiger charge is -2.06. The number of halogens is 1. The van der Waals surface area contributed by atoms with Gasteiger partial charge in [-0.15, -0.1) is 0 Å². The van der Waals surface area contributed by atoms with Gasteiger partial charge in [0.25, 0.3) is 5.56 Å². The number of rotatable bonds is 1. The number of aromatic amines is 1. The van der Waals surface area contributed by atoms with Gasteiger partial charge in [0.2, 0.25) is 0 Å². The third-order valence-corrected chi connectivity index (χ3v) is 3.14. The fraction of sp³-hybridized carbons (Fsp3) is 0.556. The summed E-state index contributed by atoms with van der Waals surface area (Å²) in [6, 6.07) is 1.84. The summed E-state index contributed by atoms with van der Waals surface area (Å²) in [6.45, 7) is 0. The van der Waals surface area contributed by atoms with Crippen LogP contribution >= 0.6 is 15.9 Å². The molecule has 0 aromatic carbocycles. The van der Waals surface area contributed by atoms with Crippen molar-refractivity contribution in [1.29, 1.82) is 0 Å². The molecule has 1 aliphatic rings. The average molecular weight is 243 g/mol. The maximum atomic E-state index is 11.0. The Morgan fingerprint density at radius 3 is 2.77 bits per heavy atom. The number of hydrogen-bond acceptors (Lipinski definition) is 2. The van der Waals surface area contributed by atoms with Gasteiger partial charge in [0.05, 0.1) is 10.2 Å². The van der Waals surface area contributed by atoms with Gasteiger partial charge in [-0.1, -0.05) is 12.8 Å². The van der Waals surface area contributed by atoms with Crippen LogP contribution in [0.25, 0.3) is 0 Å². The Kier molecular flexibility index (Phi) is 2.49. The van der Waals surface area contributed by atoms with Crippen molar-refractivity contribution < 1.29 is 0 Å². The van der Waals surface area contributed by atoms with Crippen molar-refractivity contribution in [2.75, 3.05) is 0 Å². The van der Waals surface area contributed by atoms with Crippen LogP contribution in [0.4, 0.5) is 0 Å². The average Bonchev–Trinajstić information content (AvgIpc) is 2.62. The van der Waals surface area contributed by atoms with Crippen LogP contribution in [0.5, 0.6) is 0 Å². The summed E-state index contributed by atoms with van der Waals surface area (Å²) in [5, 5.41) is 6.55. The van der Waals surface area contributed by atoms with E-state index >= 15 is 0 Å². The summed E-state index contributed by atoms with van der Waals surface area (Å²) in [7, 11) is 0. The number of H-pyrrole nitrogens is 1. The zero-order valence-electron chi connectivity index (χ0n) is 7.22. The molecule has 0 bridgehead atoms. The quantitative estimate of drug-likeness (QED) is 0.821. The molecule has 0 atom stereocenters. The van der Waals surface area contributed by atoms with E-state index in [0.29, 0.717) is 10.4 Å². The Morgan fingerprint density at radius 1 is 1.46 bits per heavy atom. The SMILES string of the molecule is O=c1[nH]nc(C2CCCC2)cc1Br. The van der Waals surface area contributed by atoms with Gasteiger partial charge in [0, 0.05) is 5.92 Å². The topological polar surface area (TPSA) is 45.8 Å². The molecule has 1 aliphatic carbocycles. The smallest absolute Gasteiger partial charge is 0.267 e. The summed E-state index contributed by atoms with van der Waals surface area (Å²) in [4.78, 5) is 11.0. The van der Waals surface area contributed by atoms with Crippen molar-refractivity contribution >= 4 is 15.9 Å². The molecule has 0 aliphatic heterocycles. The second-order valence-electron chi connectivity index (χ2n) is 3.45. The largest absolute Gasteiger partial charge is 0.278 e. The van der Waals surface area contributed by atoms with Crippen molar-refractivity contribution in [3.63, 3.8) is 0 Å². The molecule has 1 saturated carbocycles. The van der Waals surface area contributed by atoms with Crippen LogP contribution in [0, 0.1) is 0 Å². The molecule has 2 rings (SSSR count). The second kappa shape index (κ2) is 3.62. The van der Waals surface area contributed by atoms with Gasteiger partial charge >= 0.3 is 0 Å². The Labute approximate surface area is 84.7 Å². The summed E-state index contributed by atoms with van der Waals surface area (Å²) in [5.74, 6) is 0.549. The van der Waals surface area contributed by atoms with Gasteiger partial charge in [-0.25, -0.2) is 5.10 Å². The molecule has 0 unspecified atom stereocenters. The van der Waals surface area contributed by atoms with Crippen LogP contribution in [0.3, 0.4) is 0 Å².